The van der Waals surface area contributed by atoms with Crippen LogP contribution in [0.15, 0.2) is 4.99 Å². The van der Waals surface area contributed by atoms with Crippen molar-refractivity contribution >= 4 is 29.9 Å². The molecule has 1 unspecified atom stereocenters. The summed E-state index contributed by atoms with van der Waals surface area (Å²) in [6, 6.07) is 0. The lowest BCUT2D eigenvalue weighted by Gasteiger charge is -2.30. The molecule has 0 amide bonds. The minimum absolute atomic E-state index is 0. The molecule has 0 radical (unpaired) electrons. The molecule has 5 heteroatoms. The first kappa shape index (κ1) is 18.0. The number of nitrogens with one attached hydrogen (secondary N) is 2. The van der Waals surface area contributed by atoms with Crippen LogP contribution in [0.3, 0.4) is 0 Å². The van der Waals surface area contributed by atoms with Crippen LogP contribution in [0.2, 0.25) is 0 Å². The summed E-state index contributed by atoms with van der Waals surface area (Å²) in [5.41, 5.74) is 0. The fourth-order valence-corrected chi connectivity index (χ4v) is 2.30. The molecule has 1 fully saturated rings. The highest BCUT2D eigenvalue weighted by atomic mass is 127. The molecule has 0 aromatic carbocycles. The number of aliphatic imine (C=N–C) groups is 1. The first-order chi connectivity index (χ1) is 8.26. The maximum atomic E-state index is 4.58. The highest BCUT2D eigenvalue weighted by Gasteiger charge is 2.15. The lowest BCUT2D eigenvalue weighted by atomic mass is 10.0. The third kappa shape index (κ3) is 7.41. The number of halogens is 1. The molecule has 0 bridgehead atoms. The molecule has 1 aliphatic heterocycles. The fraction of sp³-hybridized carbons (Fsp3) is 0.923. The van der Waals surface area contributed by atoms with Gasteiger partial charge in [0.15, 0.2) is 5.96 Å². The van der Waals surface area contributed by atoms with Gasteiger partial charge < -0.3 is 15.5 Å². The Morgan fingerprint density at radius 3 is 2.50 bits per heavy atom. The fourth-order valence-electron chi connectivity index (χ4n) is 2.30. The van der Waals surface area contributed by atoms with E-state index in [1.165, 1.54) is 25.9 Å². The largest absolute Gasteiger partial charge is 0.357 e. The second kappa shape index (κ2) is 10.8. The number of rotatable bonds is 5. The number of guanidine groups is 1. The zero-order valence-corrected chi connectivity index (χ0v) is 14.4. The van der Waals surface area contributed by atoms with Crippen LogP contribution in [0.4, 0.5) is 0 Å². The van der Waals surface area contributed by atoms with Crippen LogP contribution < -0.4 is 10.6 Å². The average molecular weight is 368 g/mol. The molecule has 1 atom stereocenters. The van der Waals surface area contributed by atoms with Crippen molar-refractivity contribution in [1.82, 2.24) is 15.5 Å². The van der Waals surface area contributed by atoms with Gasteiger partial charge in [-0.15, -0.1) is 24.0 Å². The Hall–Kier alpha value is -0.0400. The van der Waals surface area contributed by atoms with Gasteiger partial charge in [-0.2, -0.15) is 0 Å². The van der Waals surface area contributed by atoms with Crippen molar-refractivity contribution in [3.8, 4) is 0 Å². The molecular formula is C13H29IN4. The molecule has 0 saturated carbocycles. The van der Waals surface area contributed by atoms with Crippen LogP contribution in [0.1, 0.15) is 33.6 Å². The zero-order valence-electron chi connectivity index (χ0n) is 12.0. The summed E-state index contributed by atoms with van der Waals surface area (Å²) in [4.78, 5) is 7.11. The highest BCUT2D eigenvalue weighted by molar-refractivity contribution is 14.0. The zero-order chi connectivity index (χ0) is 12.5. The summed E-state index contributed by atoms with van der Waals surface area (Å²) in [7, 11) is 0. The number of likely N-dealkylation sites (tertiary alicyclic amines) is 1. The van der Waals surface area contributed by atoms with Gasteiger partial charge >= 0.3 is 0 Å². The van der Waals surface area contributed by atoms with E-state index in [0.29, 0.717) is 0 Å². The second-order valence-corrected chi connectivity index (χ2v) is 4.84. The van der Waals surface area contributed by atoms with Gasteiger partial charge in [-0.1, -0.05) is 6.92 Å². The number of hydrogen-bond donors (Lipinski definition) is 2. The first-order valence-corrected chi connectivity index (χ1v) is 7.00. The van der Waals surface area contributed by atoms with Crippen molar-refractivity contribution in [3.05, 3.63) is 0 Å². The quantitative estimate of drug-likeness (QED) is 0.443. The maximum absolute atomic E-state index is 4.58. The molecule has 18 heavy (non-hydrogen) atoms. The van der Waals surface area contributed by atoms with Crippen LogP contribution in [0.5, 0.6) is 0 Å². The van der Waals surface area contributed by atoms with Gasteiger partial charge in [0.1, 0.15) is 0 Å². The number of hydrogen-bond acceptors (Lipinski definition) is 2. The molecular weight excluding hydrogens is 339 g/mol. The van der Waals surface area contributed by atoms with E-state index in [-0.39, 0.29) is 24.0 Å². The molecule has 1 rings (SSSR count). The molecule has 0 spiro atoms. The highest BCUT2D eigenvalue weighted by Crippen LogP contribution is 2.14. The molecule has 108 valence electrons. The Labute approximate surface area is 129 Å². The Bertz CT molecular complexity index is 225. The van der Waals surface area contributed by atoms with Crippen molar-refractivity contribution in [3.63, 3.8) is 0 Å². The maximum Gasteiger partial charge on any atom is 0.191 e. The van der Waals surface area contributed by atoms with Crippen LogP contribution >= 0.6 is 24.0 Å². The molecule has 0 aliphatic carbocycles. The van der Waals surface area contributed by atoms with Crippen LogP contribution in [0.25, 0.3) is 0 Å². The molecule has 1 aliphatic rings. The van der Waals surface area contributed by atoms with E-state index < -0.39 is 0 Å². The molecule has 0 aromatic rings. The normalized spacial score (nSPS) is 19.8. The van der Waals surface area contributed by atoms with Crippen molar-refractivity contribution in [1.29, 1.82) is 0 Å². The van der Waals surface area contributed by atoms with E-state index in [0.717, 1.165) is 38.1 Å². The smallest absolute Gasteiger partial charge is 0.191 e. The van der Waals surface area contributed by atoms with Gasteiger partial charge in [-0.05, 0) is 39.2 Å². The summed E-state index contributed by atoms with van der Waals surface area (Å²) in [5, 5.41) is 6.50. The van der Waals surface area contributed by atoms with Gasteiger partial charge in [-0.25, -0.2) is 0 Å². The van der Waals surface area contributed by atoms with E-state index in [1.54, 1.807) is 0 Å². The third-order valence-corrected chi connectivity index (χ3v) is 3.12. The summed E-state index contributed by atoms with van der Waals surface area (Å²) < 4.78 is 0. The summed E-state index contributed by atoms with van der Waals surface area (Å²) in [5.74, 6) is 1.80. The van der Waals surface area contributed by atoms with E-state index in [2.05, 4.69) is 41.3 Å². The predicted octanol–water partition coefficient (Wildman–Crippen LogP) is 1.91. The topological polar surface area (TPSA) is 39.7 Å². The van der Waals surface area contributed by atoms with Crippen molar-refractivity contribution in [2.24, 2.45) is 10.9 Å². The summed E-state index contributed by atoms with van der Waals surface area (Å²) in [6.45, 7) is 12.9. The van der Waals surface area contributed by atoms with Crippen LogP contribution in [0, 0.1) is 5.92 Å². The molecule has 4 nitrogen and oxygen atoms in total. The Morgan fingerprint density at radius 1 is 1.28 bits per heavy atom. The average Bonchev–Trinajstić information content (AvgIpc) is 2.30. The van der Waals surface area contributed by atoms with E-state index in [4.69, 9.17) is 0 Å². The minimum Gasteiger partial charge on any atom is -0.357 e. The van der Waals surface area contributed by atoms with E-state index >= 15 is 0 Å². The number of piperidine rings is 1. The molecule has 0 aromatic heterocycles. The van der Waals surface area contributed by atoms with Gasteiger partial charge in [0.25, 0.3) is 0 Å². The lowest BCUT2D eigenvalue weighted by Crippen LogP contribution is -2.39. The van der Waals surface area contributed by atoms with Gasteiger partial charge in [0.05, 0.1) is 6.54 Å². The van der Waals surface area contributed by atoms with Crippen molar-refractivity contribution < 1.29 is 0 Å². The lowest BCUT2D eigenvalue weighted by molar-refractivity contribution is 0.189. The summed E-state index contributed by atoms with van der Waals surface area (Å²) >= 11 is 0. The predicted molar refractivity (Wildman–Crippen MR) is 89.9 cm³/mol. The monoisotopic (exact) mass is 368 g/mol. The van der Waals surface area contributed by atoms with E-state index in [9.17, 15) is 0 Å². The minimum atomic E-state index is 0. The van der Waals surface area contributed by atoms with E-state index in [1.807, 2.05) is 0 Å². The standard InChI is InChI=1S/C13H28N4.HI/c1-4-14-13(15-5-2)16-8-10-17-9-6-7-12(3)11-17;/h12H,4-11H2,1-3H3,(H2,14,15,16);1H. The summed E-state index contributed by atoms with van der Waals surface area (Å²) in [6.07, 6.45) is 2.73. The van der Waals surface area contributed by atoms with Gasteiger partial charge in [0, 0.05) is 26.2 Å². The van der Waals surface area contributed by atoms with Crippen molar-refractivity contribution in [2.45, 2.75) is 33.6 Å². The van der Waals surface area contributed by atoms with Crippen molar-refractivity contribution in [2.75, 3.05) is 39.3 Å². The Kier molecular flexibility index (Phi) is 10.8. The van der Waals surface area contributed by atoms with Crippen LogP contribution in [-0.2, 0) is 0 Å². The molecule has 1 saturated heterocycles. The third-order valence-electron chi connectivity index (χ3n) is 3.12. The number of nitrogens with zero attached hydrogens (tertiary/aromatic N) is 2. The SMILES string of the molecule is CCNC(=NCCN1CCCC(C)C1)NCC.I. The first-order valence-electron chi connectivity index (χ1n) is 7.00. The second-order valence-electron chi connectivity index (χ2n) is 4.84. The van der Waals surface area contributed by atoms with Gasteiger partial charge in [0.2, 0.25) is 0 Å². The Balaban J connectivity index is 0.00000289. The Morgan fingerprint density at radius 2 is 1.94 bits per heavy atom. The van der Waals surface area contributed by atoms with Gasteiger partial charge in [-0.3, -0.25) is 4.99 Å². The molecule has 2 N–H and O–H groups in total. The molecule has 1 heterocycles. The van der Waals surface area contributed by atoms with Crippen LogP contribution in [-0.4, -0.2) is 50.1 Å².